The maximum Gasteiger partial charge on any atom is 0.265 e. The third kappa shape index (κ3) is 4.03. The largest absolute Gasteiger partial charge is 0.493 e. The van der Waals surface area contributed by atoms with E-state index in [2.05, 4.69) is 10.9 Å². The third-order valence-electron chi connectivity index (χ3n) is 4.52. The highest BCUT2D eigenvalue weighted by molar-refractivity contribution is 6.22. The van der Waals surface area contributed by atoms with E-state index in [9.17, 15) is 18.8 Å². The molecule has 30 heavy (non-hydrogen) atoms. The normalized spacial score (nSPS) is 15.9. The average Bonchev–Trinajstić information content (AvgIpc) is 3.04. The SMILES string of the molecule is COc1cc(C(=O)NN[C@H]2CC(=O)N(c3ccc(F)cc3)C2=O)cc(OC)c1OC. The van der Waals surface area contributed by atoms with Crippen LogP contribution in [0.1, 0.15) is 16.8 Å². The Morgan fingerprint density at radius 3 is 2.17 bits per heavy atom. The van der Waals surface area contributed by atoms with E-state index in [1.807, 2.05) is 0 Å². The molecule has 3 rings (SSSR count). The van der Waals surface area contributed by atoms with Gasteiger partial charge in [0.25, 0.3) is 11.8 Å². The molecule has 2 N–H and O–H groups in total. The van der Waals surface area contributed by atoms with Crippen molar-refractivity contribution in [2.24, 2.45) is 0 Å². The first kappa shape index (κ1) is 21.1. The van der Waals surface area contributed by atoms with Gasteiger partial charge in [-0.3, -0.25) is 19.8 Å². The smallest absolute Gasteiger partial charge is 0.265 e. The molecule has 0 aliphatic carbocycles. The van der Waals surface area contributed by atoms with Crippen LogP contribution in [0.25, 0.3) is 0 Å². The minimum atomic E-state index is -0.964. The number of amides is 3. The molecule has 10 heteroatoms. The predicted octanol–water partition coefficient (Wildman–Crippen LogP) is 1.42. The molecule has 0 unspecified atom stereocenters. The van der Waals surface area contributed by atoms with Crippen molar-refractivity contribution >= 4 is 23.4 Å². The summed E-state index contributed by atoms with van der Waals surface area (Å²) in [7, 11) is 4.28. The molecule has 1 heterocycles. The second kappa shape index (κ2) is 8.78. The van der Waals surface area contributed by atoms with Crippen molar-refractivity contribution in [2.45, 2.75) is 12.5 Å². The number of hydrogen-bond acceptors (Lipinski definition) is 7. The first-order chi connectivity index (χ1) is 14.4. The Morgan fingerprint density at radius 2 is 1.63 bits per heavy atom. The number of carbonyl (C=O) groups is 3. The first-order valence-electron chi connectivity index (χ1n) is 8.87. The van der Waals surface area contributed by atoms with E-state index in [0.29, 0.717) is 5.75 Å². The van der Waals surface area contributed by atoms with Crippen LogP contribution >= 0.6 is 0 Å². The zero-order chi connectivity index (χ0) is 21.8. The van der Waals surface area contributed by atoms with E-state index < -0.39 is 29.6 Å². The second-order valence-corrected chi connectivity index (χ2v) is 6.31. The lowest BCUT2D eigenvalue weighted by Gasteiger charge is -2.17. The summed E-state index contributed by atoms with van der Waals surface area (Å²) in [5, 5.41) is 0. The molecule has 2 aromatic carbocycles. The zero-order valence-corrected chi connectivity index (χ0v) is 16.5. The number of anilines is 1. The predicted molar refractivity (Wildman–Crippen MR) is 104 cm³/mol. The quantitative estimate of drug-likeness (QED) is 0.518. The molecule has 2 aromatic rings. The van der Waals surface area contributed by atoms with Crippen LogP contribution in [0.3, 0.4) is 0 Å². The van der Waals surface area contributed by atoms with Crippen LogP contribution in [-0.2, 0) is 9.59 Å². The van der Waals surface area contributed by atoms with Crippen LogP contribution in [0.2, 0.25) is 0 Å². The molecule has 0 saturated carbocycles. The number of rotatable bonds is 7. The van der Waals surface area contributed by atoms with Crippen LogP contribution in [0.5, 0.6) is 17.2 Å². The number of halogens is 1. The van der Waals surface area contributed by atoms with E-state index in [0.717, 1.165) is 17.0 Å². The number of benzene rings is 2. The van der Waals surface area contributed by atoms with E-state index in [1.165, 1.54) is 45.6 Å². The fraction of sp³-hybridized carbons (Fsp3) is 0.250. The van der Waals surface area contributed by atoms with Gasteiger partial charge in [0.2, 0.25) is 11.7 Å². The number of imide groups is 1. The standard InChI is InChI=1S/C20H20FN3O6/c1-28-15-8-11(9-16(29-2)18(15)30-3)19(26)23-22-14-10-17(25)24(20(14)27)13-6-4-12(21)5-7-13/h4-9,14,22H,10H2,1-3H3,(H,23,26)/t14-/m0/s1. The van der Waals surface area contributed by atoms with Gasteiger partial charge in [-0.15, -0.1) is 0 Å². The van der Waals surface area contributed by atoms with Crippen LogP contribution < -0.4 is 30.0 Å². The number of nitrogens with zero attached hydrogens (tertiary/aromatic N) is 1. The number of hydrazine groups is 1. The number of methoxy groups -OCH3 is 3. The zero-order valence-electron chi connectivity index (χ0n) is 16.5. The molecule has 1 aliphatic rings. The first-order valence-corrected chi connectivity index (χ1v) is 8.87. The number of nitrogens with one attached hydrogen (secondary N) is 2. The summed E-state index contributed by atoms with van der Waals surface area (Å²) in [6.45, 7) is 0. The average molecular weight is 417 g/mol. The van der Waals surface area contributed by atoms with Crippen molar-refractivity contribution in [1.82, 2.24) is 10.9 Å². The van der Waals surface area contributed by atoms with Crippen LogP contribution in [0, 0.1) is 5.82 Å². The Bertz CT molecular complexity index is 954. The fourth-order valence-electron chi connectivity index (χ4n) is 3.04. The van der Waals surface area contributed by atoms with Crippen molar-refractivity contribution in [1.29, 1.82) is 0 Å². The van der Waals surface area contributed by atoms with Gasteiger partial charge in [-0.1, -0.05) is 0 Å². The van der Waals surface area contributed by atoms with E-state index in [4.69, 9.17) is 14.2 Å². The molecule has 3 amide bonds. The highest BCUT2D eigenvalue weighted by Crippen LogP contribution is 2.38. The molecule has 0 aromatic heterocycles. The van der Waals surface area contributed by atoms with Crippen molar-refractivity contribution in [3.8, 4) is 17.2 Å². The van der Waals surface area contributed by atoms with Crippen LogP contribution in [-0.4, -0.2) is 45.1 Å². The Hall–Kier alpha value is -3.66. The topological polar surface area (TPSA) is 106 Å². The highest BCUT2D eigenvalue weighted by Gasteiger charge is 2.39. The Kier molecular flexibility index (Phi) is 6.17. The lowest BCUT2D eigenvalue weighted by Crippen LogP contribution is -2.48. The summed E-state index contributed by atoms with van der Waals surface area (Å²) in [5.74, 6) is -1.17. The van der Waals surface area contributed by atoms with Crippen molar-refractivity contribution in [2.75, 3.05) is 26.2 Å². The maximum absolute atomic E-state index is 13.1. The molecule has 9 nitrogen and oxygen atoms in total. The van der Waals surface area contributed by atoms with E-state index >= 15 is 0 Å². The molecule has 1 atom stereocenters. The summed E-state index contributed by atoms with van der Waals surface area (Å²) < 4.78 is 28.7. The molecular formula is C20H20FN3O6. The number of carbonyl (C=O) groups excluding carboxylic acids is 3. The van der Waals surface area contributed by atoms with Crippen molar-refractivity contribution in [3.63, 3.8) is 0 Å². The molecular weight excluding hydrogens is 397 g/mol. The van der Waals surface area contributed by atoms with Crippen LogP contribution in [0.15, 0.2) is 36.4 Å². The number of ether oxygens (including phenoxy) is 3. The van der Waals surface area contributed by atoms with Gasteiger partial charge < -0.3 is 14.2 Å². The van der Waals surface area contributed by atoms with Gasteiger partial charge in [0, 0.05) is 5.56 Å². The molecule has 0 spiro atoms. The maximum atomic E-state index is 13.1. The minimum absolute atomic E-state index is 0.161. The van der Waals surface area contributed by atoms with Gasteiger partial charge in [-0.05, 0) is 36.4 Å². The fourth-order valence-corrected chi connectivity index (χ4v) is 3.04. The summed E-state index contributed by atoms with van der Waals surface area (Å²) >= 11 is 0. The van der Waals surface area contributed by atoms with E-state index in [-0.39, 0.29) is 29.2 Å². The molecule has 1 aliphatic heterocycles. The van der Waals surface area contributed by atoms with E-state index in [1.54, 1.807) is 0 Å². The molecule has 0 bridgehead atoms. The number of hydrogen-bond donors (Lipinski definition) is 2. The molecule has 0 radical (unpaired) electrons. The summed E-state index contributed by atoms with van der Waals surface area (Å²) in [6, 6.07) is 6.92. The van der Waals surface area contributed by atoms with Crippen molar-refractivity contribution in [3.05, 3.63) is 47.8 Å². The third-order valence-corrected chi connectivity index (χ3v) is 4.52. The highest BCUT2D eigenvalue weighted by atomic mass is 19.1. The summed E-state index contributed by atoms with van der Waals surface area (Å²) in [4.78, 5) is 38.3. The monoisotopic (exact) mass is 417 g/mol. The molecule has 158 valence electrons. The van der Waals surface area contributed by atoms with Gasteiger partial charge in [0.05, 0.1) is 33.4 Å². The van der Waals surface area contributed by atoms with Gasteiger partial charge >= 0.3 is 0 Å². The van der Waals surface area contributed by atoms with Gasteiger partial charge in [-0.25, -0.2) is 14.7 Å². The Balaban J connectivity index is 1.71. The lowest BCUT2D eigenvalue weighted by atomic mass is 10.1. The van der Waals surface area contributed by atoms with Gasteiger partial charge in [0.1, 0.15) is 11.9 Å². The van der Waals surface area contributed by atoms with Gasteiger partial charge in [-0.2, -0.15) is 0 Å². The minimum Gasteiger partial charge on any atom is -0.493 e. The van der Waals surface area contributed by atoms with Crippen LogP contribution in [0.4, 0.5) is 10.1 Å². The summed E-state index contributed by atoms with van der Waals surface area (Å²) in [5.41, 5.74) is 5.43. The Morgan fingerprint density at radius 1 is 1.03 bits per heavy atom. The molecule has 1 fully saturated rings. The second-order valence-electron chi connectivity index (χ2n) is 6.31. The molecule has 1 saturated heterocycles. The lowest BCUT2D eigenvalue weighted by molar-refractivity contribution is -0.121. The van der Waals surface area contributed by atoms with Gasteiger partial charge in [0.15, 0.2) is 11.5 Å². The Labute approximate surface area is 171 Å². The van der Waals surface area contributed by atoms with Crippen molar-refractivity contribution < 1.29 is 33.0 Å². The summed E-state index contributed by atoms with van der Waals surface area (Å²) in [6.07, 6.45) is -0.161.